The van der Waals surface area contributed by atoms with Gasteiger partial charge in [0.25, 0.3) is 0 Å². The maximum Gasteiger partial charge on any atom is 0.339 e. The molecule has 0 spiro atoms. The number of hydrogen-bond acceptors (Lipinski definition) is 5. The summed E-state index contributed by atoms with van der Waals surface area (Å²) in [5, 5.41) is 1.16. The number of H-pyrrole nitrogens is 1. The molecule has 0 saturated carbocycles. The molecule has 0 bridgehead atoms. The maximum atomic E-state index is 12.4. The number of halogens is 1. The molecule has 122 valence electrons. The molecule has 1 aromatic carbocycles. The van der Waals surface area contributed by atoms with Gasteiger partial charge in [0.05, 0.1) is 10.6 Å². The van der Waals surface area contributed by atoms with Crippen molar-refractivity contribution < 1.29 is 19.0 Å². The van der Waals surface area contributed by atoms with Crippen LogP contribution in [0.4, 0.5) is 0 Å². The summed E-state index contributed by atoms with van der Waals surface area (Å²) in [6.07, 6.45) is 3.30. The molecule has 0 saturated heterocycles. The zero-order valence-corrected chi connectivity index (χ0v) is 13.3. The van der Waals surface area contributed by atoms with Gasteiger partial charge in [-0.1, -0.05) is 11.6 Å². The highest BCUT2D eigenvalue weighted by atomic mass is 35.5. The van der Waals surface area contributed by atoms with Crippen molar-refractivity contribution in [3.63, 3.8) is 0 Å². The van der Waals surface area contributed by atoms with Gasteiger partial charge in [0.1, 0.15) is 25.5 Å². The van der Waals surface area contributed by atoms with Crippen molar-refractivity contribution in [2.45, 2.75) is 6.61 Å². The molecule has 4 rings (SSSR count). The van der Waals surface area contributed by atoms with Crippen LogP contribution in [0.15, 0.2) is 36.7 Å². The Hall–Kier alpha value is -2.73. The third-order valence-electron chi connectivity index (χ3n) is 3.71. The molecule has 3 aromatic rings. The average molecular weight is 345 g/mol. The number of nitrogens with one attached hydrogen (secondary N) is 1. The number of benzene rings is 1. The second-order valence-corrected chi connectivity index (χ2v) is 5.68. The predicted molar refractivity (Wildman–Crippen MR) is 87.7 cm³/mol. The number of rotatable bonds is 3. The summed E-state index contributed by atoms with van der Waals surface area (Å²) in [4.78, 5) is 19.5. The fourth-order valence-corrected chi connectivity index (χ4v) is 2.90. The number of esters is 1. The molecule has 0 amide bonds. The van der Waals surface area contributed by atoms with E-state index in [0.717, 1.165) is 10.9 Å². The van der Waals surface area contributed by atoms with Crippen LogP contribution < -0.4 is 9.47 Å². The van der Waals surface area contributed by atoms with Crippen molar-refractivity contribution in [1.29, 1.82) is 0 Å². The highest BCUT2D eigenvalue weighted by molar-refractivity contribution is 6.32. The number of nitrogens with zero attached hydrogens (tertiary/aromatic N) is 1. The van der Waals surface area contributed by atoms with Crippen LogP contribution in [0.3, 0.4) is 0 Å². The Morgan fingerprint density at radius 2 is 2.17 bits per heavy atom. The van der Waals surface area contributed by atoms with E-state index in [1.165, 1.54) is 0 Å². The van der Waals surface area contributed by atoms with Gasteiger partial charge in [-0.2, -0.15) is 0 Å². The number of aromatic nitrogens is 2. The fraction of sp³-hybridized carbons (Fsp3) is 0.176. The van der Waals surface area contributed by atoms with E-state index in [-0.39, 0.29) is 6.61 Å². The summed E-state index contributed by atoms with van der Waals surface area (Å²) in [7, 11) is 0. The number of carbonyl (C=O) groups excluding carboxylic acids is 1. The van der Waals surface area contributed by atoms with Crippen molar-refractivity contribution in [3.05, 3.63) is 52.8 Å². The van der Waals surface area contributed by atoms with E-state index in [0.29, 0.717) is 40.9 Å². The number of fused-ring (bicyclic) bond motifs is 2. The van der Waals surface area contributed by atoms with Gasteiger partial charge >= 0.3 is 5.97 Å². The number of ether oxygens (including phenoxy) is 3. The lowest BCUT2D eigenvalue weighted by Crippen LogP contribution is -2.16. The highest BCUT2D eigenvalue weighted by Crippen LogP contribution is 2.38. The quantitative estimate of drug-likeness (QED) is 0.738. The molecule has 1 aliphatic rings. The Kier molecular flexibility index (Phi) is 3.74. The van der Waals surface area contributed by atoms with Gasteiger partial charge in [-0.3, -0.25) is 0 Å². The van der Waals surface area contributed by atoms with Gasteiger partial charge in [0, 0.05) is 17.8 Å². The zero-order chi connectivity index (χ0) is 16.5. The van der Waals surface area contributed by atoms with E-state index < -0.39 is 5.97 Å². The Bertz CT molecular complexity index is 922. The van der Waals surface area contributed by atoms with Gasteiger partial charge in [0.2, 0.25) is 0 Å². The number of pyridine rings is 1. The van der Waals surface area contributed by atoms with Crippen LogP contribution >= 0.6 is 11.6 Å². The largest absolute Gasteiger partial charge is 0.486 e. The zero-order valence-electron chi connectivity index (χ0n) is 12.5. The average Bonchev–Trinajstić information content (AvgIpc) is 3.08. The lowest BCUT2D eigenvalue weighted by atomic mass is 10.2. The molecule has 0 atom stereocenters. The smallest absolute Gasteiger partial charge is 0.339 e. The molecule has 0 radical (unpaired) electrons. The monoisotopic (exact) mass is 344 g/mol. The van der Waals surface area contributed by atoms with Gasteiger partial charge in [-0.05, 0) is 29.8 Å². The van der Waals surface area contributed by atoms with E-state index in [1.807, 2.05) is 0 Å². The second-order valence-electron chi connectivity index (χ2n) is 5.28. The molecule has 0 fully saturated rings. The molecule has 24 heavy (non-hydrogen) atoms. The molecular formula is C17H13ClN2O4. The first-order valence-corrected chi connectivity index (χ1v) is 7.77. The minimum Gasteiger partial charge on any atom is -0.486 e. The molecular weight excluding hydrogens is 332 g/mol. The standard InChI is InChI=1S/C17H13ClN2O4/c18-13-7-10(8-14-15(13)23-6-5-22-14)9-24-17(21)12-2-4-20-16-11(12)1-3-19-16/h1-4,7-8H,5-6,9H2,(H,19,20). The van der Waals surface area contributed by atoms with Gasteiger partial charge < -0.3 is 19.2 Å². The SMILES string of the molecule is O=C(OCc1cc(Cl)c2c(c1)OCCO2)c1ccnc2[nH]ccc12. The topological polar surface area (TPSA) is 73.4 Å². The number of hydrogen-bond donors (Lipinski definition) is 1. The summed E-state index contributed by atoms with van der Waals surface area (Å²) in [6, 6.07) is 6.90. The van der Waals surface area contributed by atoms with Crippen molar-refractivity contribution in [3.8, 4) is 11.5 Å². The summed E-state index contributed by atoms with van der Waals surface area (Å²) in [5.74, 6) is 0.672. The Labute approximate surface area is 142 Å². The Morgan fingerprint density at radius 1 is 1.29 bits per heavy atom. The molecule has 0 aliphatic carbocycles. The molecule has 0 unspecified atom stereocenters. The van der Waals surface area contributed by atoms with Crippen LogP contribution in [0, 0.1) is 0 Å². The summed E-state index contributed by atoms with van der Waals surface area (Å²) in [5.41, 5.74) is 1.84. The number of carbonyl (C=O) groups is 1. The Morgan fingerprint density at radius 3 is 3.08 bits per heavy atom. The minimum atomic E-state index is -0.423. The first-order chi connectivity index (χ1) is 11.7. The van der Waals surface area contributed by atoms with E-state index in [1.54, 1.807) is 36.7 Å². The van der Waals surface area contributed by atoms with Gasteiger partial charge in [-0.25, -0.2) is 9.78 Å². The third-order valence-corrected chi connectivity index (χ3v) is 3.99. The van der Waals surface area contributed by atoms with E-state index in [2.05, 4.69) is 9.97 Å². The second kappa shape index (κ2) is 6.05. The maximum absolute atomic E-state index is 12.4. The van der Waals surface area contributed by atoms with Crippen molar-refractivity contribution in [2.24, 2.45) is 0 Å². The molecule has 1 aliphatic heterocycles. The minimum absolute atomic E-state index is 0.0867. The van der Waals surface area contributed by atoms with Gasteiger partial charge in [-0.15, -0.1) is 0 Å². The normalized spacial score (nSPS) is 13.0. The van der Waals surface area contributed by atoms with E-state index in [4.69, 9.17) is 25.8 Å². The van der Waals surface area contributed by atoms with Crippen LogP contribution in [0.5, 0.6) is 11.5 Å². The van der Waals surface area contributed by atoms with Crippen LogP contribution in [0.1, 0.15) is 15.9 Å². The van der Waals surface area contributed by atoms with Crippen molar-refractivity contribution in [2.75, 3.05) is 13.2 Å². The van der Waals surface area contributed by atoms with E-state index in [9.17, 15) is 4.79 Å². The first kappa shape index (κ1) is 14.8. The first-order valence-electron chi connectivity index (χ1n) is 7.39. The van der Waals surface area contributed by atoms with Gasteiger partial charge in [0.15, 0.2) is 11.5 Å². The lowest BCUT2D eigenvalue weighted by molar-refractivity contribution is 0.0474. The fourth-order valence-electron chi connectivity index (χ4n) is 2.61. The van der Waals surface area contributed by atoms with Crippen molar-refractivity contribution >= 4 is 28.6 Å². The molecule has 2 aromatic heterocycles. The molecule has 7 heteroatoms. The predicted octanol–water partition coefficient (Wildman–Crippen LogP) is 3.34. The van der Waals surface area contributed by atoms with E-state index >= 15 is 0 Å². The van der Waals surface area contributed by atoms with Crippen molar-refractivity contribution in [1.82, 2.24) is 9.97 Å². The summed E-state index contributed by atoms with van der Waals surface area (Å²) >= 11 is 6.19. The van der Waals surface area contributed by atoms with Crippen LogP contribution in [0.25, 0.3) is 11.0 Å². The Balaban J connectivity index is 1.54. The van der Waals surface area contributed by atoms with Crippen LogP contribution in [-0.4, -0.2) is 29.2 Å². The van der Waals surface area contributed by atoms with Crippen LogP contribution in [-0.2, 0) is 11.3 Å². The third kappa shape index (κ3) is 2.65. The molecule has 1 N–H and O–H groups in total. The molecule has 6 nitrogen and oxygen atoms in total. The molecule has 3 heterocycles. The highest BCUT2D eigenvalue weighted by Gasteiger charge is 2.18. The summed E-state index contributed by atoms with van der Waals surface area (Å²) in [6.45, 7) is 1.02. The van der Waals surface area contributed by atoms with Crippen LogP contribution in [0.2, 0.25) is 5.02 Å². The lowest BCUT2D eigenvalue weighted by Gasteiger charge is -2.20. The number of aromatic amines is 1. The summed E-state index contributed by atoms with van der Waals surface area (Å²) < 4.78 is 16.4.